The predicted molar refractivity (Wildman–Crippen MR) is 251 cm³/mol. The Morgan fingerprint density at radius 2 is 0.763 bits per heavy atom. The topological polar surface area (TPSA) is 78.9 Å². The van der Waals surface area contributed by atoms with Crippen LogP contribution in [0.1, 0.15) is 162 Å². The lowest BCUT2D eigenvalue weighted by Crippen LogP contribution is -2.30. The van der Waals surface area contributed by atoms with Crippen LogP contribution in [0.4, 0.5) is 0 Å². The second kappa shape index (κ2) is 46.2. The van der Waals surface area contributed by atoms with Gasteiger partial charge in [0.05, 0.1) is 6.42 Å². The van der Waals surface area contributed by atoms with Crippen molar-refractivity contribution in [2.45, 2.75) is 168 Å². The summed E-state index contributed by atoms with van der Waals surface area (Å²) in [5, 5.41) is 0. The van der Waals surface area contributed by atoms with Crippen LogP contribution < -0.4 is 0 Å². The molecule has 0 heterocycles. The van der Waals surface area contributed by atoms with Gasteiger partial charge >= 0.3 is 17.9 Å². The van der Waals surface area contributed by atoms with E-state index in [9.17, 15) is 14.4 Å². The number of esters is 3. The number of unbranched alkanes of at least 4 members (excludes halogenated alkanes) is 6. The maximum atomic E-state index is 12.7. The van der Waals surface area contributed by atoms with Gasteiger partial charge in [-0.15, -0.1) is 0 Å². The smallest absolute Gasteiger partial charge is 0.309 e. The standard InChI is InChI=1S/C53H80O6/c1-4-7-10-13-16-19-22-25-26-29-31-34-37-40-43-46-52(55)58-49-50(59-53(56)47-44-41-38-35-32-28-24-21-18-15-12-9-6-3)48-57-51(54)45-42-39-36-33-30-27-23-20-17-14-11-8-5-2/h7,9-12,14,16,18-21,23,25-26,28,31-32,34,38,40-41,43,50H,4-6,8,13,15,17,22,24,27,29-30,33,35-37,39,42,44-49H2,1-3H3/b10-7-,12-9-,14-11-,19-16-,21-18-,23-20-,26-25-,32-28-,34-31-,41-38-,43-40-. The molecule has 0 saturated carbocycles. The molecule has 0 aromatic heterocycles. The van der Waals surface area contributed by atoms with Crippen LogP contribution in [0.25, 0.3) is 0 Å². The molecule has 0 aromatic carbocycles. The summed E-state index contributed by atoms with van der Waals surface area (Å²) in [6.07, 6.45) is 64.7. The summed E-state index contributed by atoms with van der Waals surface area (Å²) in [6.45, 7) is 6.13. The third kappa shape index (κ3) is 44.5. The molecule has 1 atom stereocenters. The van der Waals surface area contributed by atoms with Crippen LogP contribution in [0, 0.1) is 0 Å². The summed E-state index contributed by atoms with van der Waals surface area (Å²) in [6, 6.07) is 0. The first-order chi connectivity index (χ1) is 29.0. The van der Waals surface area contributed by atoms with Crippen LogP contribution in [-0.4, -0.2) is 37.2 Å². The van der Waals surface area contributed by atoms with Crippen molar-refractivity contribution >= 4 is 17.9 Å². The van der Waals surface area contributed by atoms with E-state index in [-0.39, 0.29) is 32.0 Å². The van der Waals surface area contributed by atoms with Gasteiger partial charge in [-0.1, -0.05) is 180 Å². The van der Waals surface area contributed by atoms with Gasteiger partial charge in [-0.2, -0.15) is 0 Å². The number of hydrogen-bond acceptors (Lipinski definition) is 6. The van der Waals surface area contributed by atoms with Gasteiger partial charge in [-0.05, 0) is 96.3 Å². The lowest BCUT2D eigenvalue weighted by atomic mass is 10.1. The normalized spacial score (nSPS) is 13.3. The second-order valence-corrected chi connectivity index (χ2v) is 14.2. The largest absolute Gasteiger partial charge is 0.462 e. The quantitative estimate of drug-likeness (QED) is 0.0267. The molecule has 0 amide bonds. The fourth-order valence-electron chi connectivity index (χ4n) is 5.33. The lowest BCUT2D eigenvalue weighted by Gasteiger charge is -2.18. The molecule has 0 spiro atoms. The Morgan fingerprint density at radius 3 is 1.25 bits per heavy atom. The first-order valence-corrected chi connectivity index (χ1v) is 22.7. The highest BCUT2D eigenvalue weighted by Crippen LogP contribution is 2.10. The van der Waals surface area contributed by atoms with Crippen LogP contribution in [0.5, 0.6) is 0 Å². The summed E-state index contributed by atoms with van der Waals surface area (Å²) < 4.78 is 16.5. The number of carbonyl (C=O) groups excluding carboxylic acids is 3. The van der Waals surface area contributed by atoms with E-state index in [0.29, 0.717) is 12.8 Å². The third-order valence-corrected chi connectivity index (χ3v) is 8.65. The van der Waals surface area contributed by atoms with Crippen molar-refractivity contribution in [2.24, 2.45) is 0 Å². The number of hydrogen-bond donors (Lipinski definition) is 0. The molecule has 59 heavy (non-hydrogen) atoms. The van der Waals surface area contributed by atoms with Crippen molar-refractivity contribution in [2.75, 3.05) is 13.2 Å². The lowest BCUT2D eigenvalue weighted by molar-refractivity contribution is -0.166. The summed E-state index contributed by atoms with van der Waals surface area (Å²) >= 11 is 0. The minimum absolute atomic E-state index is 0.104. The minimum Gasteiger partial charge on any atom is -0.462 e. The zero-order chi connectivity index (χ0) is 43.0. The molecule has 0 saturated heterocycles. The van der Waals surface area contributed by atoms with Gasteiger partial charge in [0, 0.05) is 12.8 Å². The summed E-state index contributed by atoms with van der Waals surface area (Å²) in [4.78, 5) is 37.7. The molecule has 0 aliphatic carbocycles. The van der Waals surface area contributed by atoms with Crippen LogP contribution in [0.15, 0.2) is 134 Å². The highest BCUT2D eigenvalue weighted by Gasteiger charge is 2.19. The van der Waals surface area contributed by atoms with Crippen molar-refractivity contribution in [1.82, 2.24) is 0 Å². The predicted octanol–water partition coefficient (Wildman–Crippen LogP) is 14.7. The molecule has 0 aliphatic heterocycles. The monoisotopic (exact) mass is 813 g/mol. The summed E-state index contributed by atoms with van der Waals surface area (Å²) in [5.74, 6) is -1.20. The Morgan fingerprint density at radius 1 is 0.373 bits per heavy atom. The van der Waals surface area contributed by atoms with Crippen molar-refractivity contribution in [3.05, 3.63) is 134 Å². The number of rotatable bonds is 38. The van der Waals surface area contributed by atoms with Gasteiger partial charge in [0.2, 0.25) is 0 Å². The van der Waals surface area contributed by atoms with Crippen molar-refractivity contribution in [3.63, 3.8) is 0 Å². The van der Waals surface area contributed by atoms with E-state index in [1.807, 2.05) is 18.2 Å². The average molecular weight is 813 g/mol. The average Bonchev–Trinajstić information content (AvgIpc) is 3.23. The molecule has 6 nitrogen and oxygen atoms in total. The molecule has 0 aliphatic rings. The van der Waals surface area contributed by atoms with Gasteiger partial charge in [0.1, 0.15) is 13.2 Å². The van der Waals surface area contributed by atoms with Gasteiger partial charge in [-0.25, -0.2) is 0 Å². The van der Waals surface area contributed by atoms with Crippen LogP contribution in [-0.2, 0) is 28.6 Å². The van der Waals surface area contributed by atoms with Crippen molar-refractivity contribution in [1.29, 1.82) is 0 Å². The van der Waals surface area contributed by atoms with Crippen LogP contribution in [0.3, 0.4) is 0 Å². The molecule has 328 valence electrons. The zero-order valence-electron chi connectivity index (χ0n) is 37.2. The Kier molecular flexibility index (Phi) is 42.8. The van der Waals surface area contributed by atoms with Crippen molar-refractivity contribution in [3.8, 4) is 0 Å². The molecular formula is C53H80O6. The molecule has 0 fully saturated rings. The maximum absolute atomic E-state index is 12.7. The Hall–Kier alpha value is -4.45. The molecule has 0 radical (unpaired) electrons. The number of allylic oxidation sites excluding steroid dienone is 21. The van der Waals surface area contributed by atoms with E-state index in [4.69, 9.17) is 14.2 Å². The van der Waals surface area contributed by atoms with E-state index < -0.39 is 18.0 Å². The van der Waals surface area contributed by atoms with Crippen molar-refractivity contribution < 1.29 is 28.6 Å². The first-order valence-electron chi connectivity index (χ1n) is 22.7. The minimum atomic E-state index is -0.864. The molecule has 0 aromatic rings. The van der Waals surface area contributed by atoms with Gasteiger partial charge in [0.25, 0.3) is 0 Å². The van der Waals surface area contributed by atoms with E-state index in [1.54, 1.807) is 6.08 Å². The second-order valence-electron chi connectivity index (χ2n) is 14.2. The van der Waals surface area contributed by atoms with E-state index in [0.717, 1.165) is 109 Å². The first kappa shape index (κ1) is 54.6. The van der Waals surface area contributed by atoms with Crippen LogP contribution >= 0.6 is 0 Å². The molecule has 0 N–H and O–H groups in total. The number of ether oxygens (including phenoxy) is 3. The van der Waals surface area contributed by atoms with E-state index in [2.05, 4.69) is 130 Å². The molecule has 0 rings (SSSR count). The number of carbonyl (C=O) groups is 3. The van der Waals surface area contributed by atoms with E-state index in [1.165, 1.54) is 6.42 Å². The van der Waals surface area contributed by atoms with Gasteiger partial charge in [-0.3, -0.25) is 14.4 Å². The molecule has 1 unspecified atom stereocenters. The Labute approximate surface area is 360 Å². The van der Waals surface area contributed by atoms with Gasteiger partial charge in [0.15, 0.2) is 6.10 Å². The molecule has 6 heteroatoms. The van der Waals surface area contributed by atoms with Gasteiger partial charge < -0.3 is 14.2 Å². The zero-order valence-corrected chi connectivity index (χ0v) is 37.2. The molecule has 0 bridgehead atoms. The highest BCUT2D eigenvalue weighted by molar-refractivity contribution is 5.72. The Bertz CT molecular complexity index is 1350. The van der Waals surface area contributed by atoms with Crippen LogP contribution in [0.2, 0.25) is 0 Å². The molecular weight excluding hydrogens is 733 g/mol. The third-order valence-electron chi connectivity index (χ3n) is 8.65. The van der Waals surface area contributed by atoms with E-state index >= 15 is 0 Å². The summed E-state index contributed by atoms with van der Waals surface area (Å²) in [7, 11) is 0. The fourth-order valence-corrected chi connectivity index (χ4v) is 5.33. The summed E-state index contributed by atoms with van der Waals surface area (Å²) in [5.41, 5.74) is 0. The highest BCUT2D eigenvalue weighted by atomic mass is 16.6. The fraction of sp³-hybridized carbons (Fsp3) is 0.528. The maximum Gasteiger partial charge on any atom is 0.309 e. The SMILES string of the molecule is CC/C=C\C/C=C\C/C=C\C/C=C\C/C=C\CC(=O)OCC(COC(=O)CCCCCCC/C=C\C/C=C\CCC)OC(=O)CC/C=C\C/C=C\C/C=C\C/C=C\CC. The Balaban J connectivity index is 4.67.